The van der Waals surface area contributed by atoms with E-state index in [1.807, 2.05) is 6.08 Å². The van der Waals surface area contributed by atoms with Gasteiger partial charge in [0.1, 0.15) is 0 Å². The highest BCUT2D eigenvalue weighted by atomic mass is 14.9. The van der Waals surface area contributed by atoms with Crippen molar-refractivity contribution >= 4 is 5.71 Å². The van der Waals surface area contributed by atoms with E-state index in [4.69, 9.17) is 0 Å². The third-order valence-corrected chi connectivity index (χ3v) is 2.73. The molecule has 0 atom stereocenters. The fraction of sp³-hybridized carbons (Fsp3) is 0.389. The predicted octanol–water partition coefficient (Wildman–Crippen LogP) is 4.94. The Hall–Kier alpha value is -1.83. The first-order valence-corrected chi connectivity index (χ1v) is 7.10. The monoisotopic (exact) mass is 272 g/mol. The molecule has 110 valence electrons. The summed E-state index contributed by atoms with van der Waals surface area (Å²) >= 11 is 0. The van der Waals surface area contributed by atoms with Gasteiger partial charge in [0.15, 0.2) is 0 Å². The number of nitrogens with one attached hydrogen (secondary N) is 1. The summed E-state index contributed by atoms with van der Waals surface area (Å²) < 4.78 is 0. The van der Waals surface area contributed by atoms with Gasteiger partial charge in [-0.3, -0.25) is 4.99 Å². The zero-order chi connectivity index (χ0) is 15.4. The fourth-order valence-corrected chi connectivity index (χ4v) is 1.55. The molecule has 0 aromatic carbocycles. The summed E-state index contributed by atoms with van der Waals surface area (Å²) in [5.74, 6) is 0. The van der Waals surface area contributed by atoms with Crippen LogP contribution in [0, 0.1) is 0 Å². The minimum absolute atomic E-state index is 0.729. The number of hydrogen-bond acceptors (Lipinski definition) is 2. The smallest absolute Gasteiger partial charge is 0.0623 e. The molecular formula is C18H28N2. The molecule has 0 radical (unpaired) electrons. The number of nitrogens with zero attached hydrogens (tertiary/aromatic N) is 1. The van der Waals surface area contributed by atoms with Crippen LogP contribution in [-0.2, 0) is 0 Å². The molecule has 0 heterocycles. The van der Waals surface area contributed by atoms with Gasteiger partial charge >= 0.3 is 0 Å². The first kappa shape index (κ1) is 18.2. The van der Waals surface area contributed by atoms with E-state index >= 15 is 0 Å². The van der Waals surface area contributed by atoms with Gasteiger partial charge in [0, 0.05) is 11.4 Å². The molecule has 0 fully saturated rings. The molecule has 0 aliphatic heterocycles. The molecule has 2 nitrogen and oxygen atoms in total. The van der Waals surface area contributed by atoms with E-state index in [9.17, 15) is 0 Å². The molecule has 0 aliphatic rings. The van der Waals surface area contributed by atoms with Crippen LogP contribution in [0.1, 0.15) is 40.0 Å². The molecule has 0 aromatic heterocycles. The van der Waals surface area contributed by atoms with Crippen molar-refractivity contribution < 1.29 is 0 Å². The van der Waals surface area contributed by atoms with E-state index in [1.54, 1.807) is 12.2 Å². The van der Waals surface area contributed by atoms with Crippen LogP contribution in [0.2, 0.25) is 0 Å². The Morgan fingerprint density at radius 1 is 1.25 bits per heavy atom. The van der Waals surface area contributed by atoms with E-state index in [-0.39, 0.29) is 0 Å². The van der Waals surface area contributed by atoms with Gasteiger partial charge in [-0.2, -0.15) is 0 Å². The minimum Gasteiger partial charge on any atom is -0.383 e. The molecule has 0 aliphatic carbocycles. The van der Waals surface area contributed by atoms with Gasteiger partial charge in [-0.25, -0.2) is 0 Å². The topological polar surface area (TPSA) is 24.4 Å². The maximum absolute atomic E-state index is 4.56. The van der Waals surface area contributed by atoms with Crippen LogP contribution in [0.25, 0.3) is 0 Å². The first-order chi connectivity index (χ1) is 9.53. The minimum atomic E-state index is 0.729. The van der Waals surface area contributed by atoms with Gasteiger partial charge in [-0.15, -0.1) is 0 Å². The molecule has 0 spiro atoms. The van der Waals surface area contributed by atoms with Crippen molar-refractivity contribution in [2.75, 3.05) is 6.54 Å². The number of aliphatic imine (C=N–C) groups is 1. The lowest BCUT2D eigenvalue weighted by molar-refractivity contribution is 0.820. The molecule has 0 saturated carbocycles. The van der Waals surface area contributed by atoms with Crippen LogP contribution in [0.3, 0.4) is 0 Å². The lowest BCUT2D eigenvalue weighted by atomic mass is 10.2. The molecule has 20 heavy (non-hydrogen) atoms. The summed E-state index contributed by atoms with van der Waals surface area (Å²) in [6.07, 6.45) is 10.4. The van der Waals surface area contributed by atoms with Crippen molar-refractivity contribution in [1.29, 1.82) is 0 Å². The van der Waals surface area contributed by atoms with Crippen molar-refractivity contribution in [2.24, 2.45) is 4.99 Å². The zero-order valence-electron chi connectivity index (χ0n) is 13.2. The lowest BCUT2D eigenvalue weighted by Crippen LogP contribution is -2.21. The molecule has 1 N–H and O–H groups in total. The van der Waals surface area contributed by atoms with Crippen LogP contribution >= 0.6 is 0 Å². The van der Waals surface area contributed by atoms with Gasteiger partial charge in [0.05, 0.1) is 12.2 Å². The Kier molecular flexibility index (Phi) is 10.0. The maximum atomic E-state index is 4.56. The average Bonchev–Trinajstić information content (AvgIpc) is 2.41. The Balaban J connectivity index is 4.38. The summed E-state index contributed by atoms with van der Waals surface area (Å²) in [7, 11) is 0. The Bertz CT molecular complexity index is 419. The van der Waals surface area contributed by atoms with E-state index in [0.717, 1.165) is 42.9 Å². The van der Waals surface area contributed by atoms with Gasteiger partial charge in [0.25, 0.3) is 0 Å². The van der Waals surface area contributed by atoms with Crippen molar-refractivity contribution in [3.05, 3.63) is 61.0 Å². The van der Waals surface area contributed by atoms with Gasteiger partial charge in [-0.05, 0) is 45.3 Å². The van der Waals surface area contributed by atoms with Crippen molar-refractivity contribution in [1.82, 2.24) is 5.32 Å². The SMILES string of the molecule is C=C/C=C(\C=C)N=C(CC)CNC(=C)CCC=C(C)C. The van der Waals surface area contributed by atoms with Crippen LogP contribution in [0.4, 0.5) is 0 Å². The molecule has 0 bridgehead atoms. The third-order valence-electron chi connectivity index (χ3n) is 2.73. The maximum Gasteiger partial charge on any atom is 0.0623 e. The van der Waals surface area contributed by atoms with Gasteiger partial charge < -0.3 is 5.32 Å². The highest BCUT2D eigenvalue weighted by Gasteiger charge is 1.99. The van der Waals surface area contributed by atoms with E-state index in [1.165, 1.54) is 5.57 Å². The lowest BCUT2D eigenvalue weighted by Gasteiger charge is -2.10. The first-order valence-electron chi connectivity index (χ1n) is 7.10. The Labute approximate surface area is 124 Å². The van der Waals surface area contributed by atoms with E-state index in [0.29, 0.717) is 0 Å². The molecule has 2 heteroatoms. The van der Waals surface area contributed by atoms with Crippen LogP contribution in [0.5, 0.6) is 0 Å². The average molecular weight is 272 g/mol. The van der Waals surface area contributed by atoms with Crippen LogP contribution < -0.4 is 5.32 Å². The molecule has 0 unspecified atom stereocenters. The fourth-order valence-electron chi connectivity index (χ4n) is 1.55. The van der Waals surface area contributed by atoms with E-state index < -0.39 is 0 Å². The predicted molar refractivity (Wildman–Crippen MR) is 92.0 cm³/mol. The third kappa shape index (κ3) is 9.15. The highest BCUT2D eigenvalue weighted by molar-refractivity contribution is 5.87. The summed E-state index contributed by atoms with van der Waals surface area (Å²) in [5.41, 5.74) is 4.32. The van der Waals surface area contributed by atoms with Crippen molar-refractivity contribution in [3.8, 4) is 0 Å². The molecule has 0 aromatic rings. The highest BCUT2D eigenvalue weighted by Crippen LogP contribution is 2.04. The summed E-state index contributed by atoms with van der Waals surface area (Å²) in [4.78, 5) is 4.56. The van der Waals surface area contributed by atoms with Crippen LogP contribution in [-0.4, -0.2) is 12.3 Å². The summed E-state index contributed by atoms with van der Waals surface area (Å²) in [6, 6.07) is 0. The second kappa shape index (κ2) is 11.0. The number of allylic oxidation sites excluding steroid dienone is 6. The number of hydrogen-bond donors (Lipinski definition) is 1. The molecule has 0 rings (SSSR count). The molecule has 0 amide bonds. The summed E-state index contributed by atoms with van der Waals surface area (Å²) in [6.45, 7) is 18.5. The normalized spacial score (nSPS) is 11.8. The quantitative estimate of drug-likeness (QED) is 0.340. The zero-order valence-corrected chi connectivity index (χ0v) is 13.2. The largest absolute Gasteiger partial charge is 0.383 e. The second-order valence-corrected chi connectivity index (χ2v) is 4.84. The van der Waals surface area contributed by atoms with Crippen LogP contribution in [0.15, 0.2) is 66.0 Å². The van der Waals surface area contributed by atoms with Crippen molar-refractivity contribution in [3.63, 3.8) is 0 Å². The number of rotatable bonds is 10. The van der Waals surface area contributed by atoms with Gasteiger partial charge in [0.2, 0.25) is 0 Å². The Morgan fingerprint density at radius 3 is 2.45 bits per heavy atom. The second-order valence-electron chi connectivity index (χ2n) is 4.84. The molecule has 0 saturated heterocycles. The standard InChI is InChI=1S/C18H28N2/c1-7-11-17(8-2)20-18(9-3)14-19-16(6)13-10-12-15(4)5/h7-8,11-12,19H,1-2,6,9-10,13-14H2,3-5H3/b17-11+,20-18?. The Morgan fingerprint density at radius 2 is 1.95 bits per heavy atom. The van der Waals surface area contributed by atoms with Gasteiger partial charge in [-0.1, -0.05) is 44.4 Å². The van der Waals surface area contributed by atoms with Crippen molar-refractivity contribution in [2.45, 2.75) is 40.0 Å². The van der Waals surface area contributed by atoms with E-state index in [2.05, 4.69) is 56.9 Å². The molecular weight excluding hydrogens is 244 g/mol. The summed E-state index contributed by atoms with van der Waals surface area (Å²) in [5, 5.41) is 3.34.